The maximum atomic E-state index is 15.3. The molecule has 4 aromatic rings. The van der Waals surface area contributed by atoms with Crippen molar-refractivity contribution in [3.63, 3.8) is 0 Å². The van der Waals surface area contributed by atoms with Crippen LogP contribution >= 0.6 is 0 Å². The topological polar surface area (TPSA) is 65.1 Å². The molecule has 0 aliphatic heterocycles. The third-order valence-corrected chi connectivity index (χ3v) is 7.86. The van der Waals surface area contributed by atoms with Crippen LogP contribution in [0.3, 0.4) is 0 Å². The summed E-state index contributed by atoms with van der Waals surface area (Å²) in [4.78, 5) is -1.44. The van der Waals surface area contributed by atoms with Gasteiger partial charge >= 0.3 is 0 Å². The Morgan fingerprint density at radius 2 is 1.10 bits per heavy atom. The quantitative estimate of drug-likeness (QED) is 0.121. The van der Waals surface area contributed by atoms with Gasteiger partial charge in [-0.3, -0.25) is 0 Å². The van der Waals surface area contributed by atoms with Crippen LogP contribution in [0.15, 0.2) is 83.8 Å². The molecule has 4 rings (SSSR count). The molecular weight excluding hydrogens is 550 g/mol. The third-order valence-electron chi connectivity index (χ3n) is 6.04. The molecule has 0 N–H and O–H groups in total. The fourth-order valence-corrected chi connectivity index (χ4v) is 5.50. The van der Waals surface area contributed by atoms with Gasteiger partial charge < -0.3 is 14.2 Å². The standard InChI is InChI=1S/C29H25F4NO5S/c1-37-22-12-8-19(9-13-22)16-34(17-20-10-14-23(38-2)15-11-20)40(35,36)29-27(33)25(31)24(30)26(32)28(29)39-18-21-6-4-3-5-7-21/h3-15H,16-18H2,1-2H3. The van der Waals surface area contributed by atoms with Gasteiger partial charge in [-0.2, -0.15) is 8.70 Å². The molecule has 0 aliphatic rings. The first kappa shape index (κ1) is 28.9. The molecule has 0 atom stereocenters. The summed E-state index contributed by atoms with van der Waals surface area (Å²) in [5, 5.41) is 0. The van der Waals surface area contributed by atoms with Crippen LogP contribution in [0.1, 0.15) is 16.7 Å². The van der Waals surface area contributed by atoms with Crippen molar-refractivity contribution in [2.24, 2.45) is 0 Å². The van der Waals surface area contributed by atoms with E-state index in [9.17, 15) is 17.2 Å². The first-order chi connectivity index (χ1) is 19.1. The highest BCUT2D eigenvalue weighted by atomic mass is 32.2. The van der Waals surface area contributed by atoms with Crippen molar-refractivity contribution in [3.8, 4) is 17.2 Å². The number of halogens is 4. The Morgan fingerprint density at radius 3 is 1.57 bits per heavy atom. The Morgan fingerprint density at radius 1 is 0.625 bits per heavy atom. The predicted molar refractivity (Wildman–Crippen MR) is 139 cm³/mol. The summed E-state index contributed by atoms with van der Waals surface area (Å²) in [6.45, 7) is -1.07. The summed E-state index contributed by atoms with van der Waals surface area (Å²) >= 11 is 0. The summed E-state index contributed by atoms with van der Waals surface area (Å²) in [7, 11) is -2.10. The van der Waals surface area contributed by atoms with E-state index in [0.29, 0.717) is 28.2 Å². The first-order valence-electron chi connectivity index (χ1n) is 11.9. The van der Waals surface area contributed by atoms with Crippen molar-refractivity contribution in [1.29, 1.82) is 0 Å². The van der Waals surface area contributed by atoms with Gasteiger partial charge in [-0.15, -0.1) is 0 Å². The van der Waals surface area contributed by atoms with Gasteiger partial charge in [-0.1, -0.05) is 54.6 Å². The molecule has 0 heterocycles. The van der Waals surface area contributed by atoms with E-state index in [1.165, 1.54) is 14.2 Å². The van der Waals surface area contributed by atoms with Crippen molar-refractivity contribution in [2.75, 3.05) is 14.2 Å². The molecule has 0 radical (unpaired) electrons. The lowest BCUT2D eigenvalue weighted by Crippen LogP contribution is -2.32. The monoisotopic (exact) mass is 575 g/mol. The molecular formula is C29H25F4NO5S. The van der Waals surface area contributed by atoms with Crippen LogP contribution in [0.4, 0.5) is 17.6 Å². The van der Waals surface area contributed by atoms with Gasteiger partial charge in [0.25, 0.3) is 10.0 Å². The summed E-state index contributed by atoms with van der Waals surface area (Å²) < 4.78 is 103. The van der Waals surface area contributed by atoms with Gasteiger partial charge in [0.05, 0.1) is 14.2 Å². The zero-order chi connectivity index (χ0) is 28.9. The van der Waals surface area contributed by atoms with Crippen LogP contribution in [0.5, 0.6) is 17.2 Å². The normalized spacial score (nSPS) is 11.5. The lowest BCUT2D eigenvalue weighted by Gasteiger charge is -2.25. The highest BCUT2D eigenvalue weighted by molar-refractivity contribution is 7.89. The molecule has 0 amide bonds. The van der Waals surface area contributed by atoms with E-state index in [1.54, 1.807) is 78.9 Å². The molecule has 40 heavy (non-hydrogen) atoms. The predicted octanol–water partition coefficient (Wildman–Crippen LogP) is 6.23. The SMILES string of the molecule is COc1ccc(CN(Cc2ccc(OC)cc2)S(=O)(=O)c2c(F)c(F)c(F)c(F)c2OCc2ccccc2)cc1. The molecule has 0 bridgehead atoms. The second-order valence-corrected chi connectivity index (χ2v) is 10.5. The molecule has 11 heteroatoms. The van der Waals surface area contributed by atoms with Crippen molar-refractivity contribution < 1.29 is 40.2 Å². The molecule has 6 nitrogen and oxygen atoms in total. The van der Waals surface area contributed by atoms with Gasteiger partial charge in [-0.25, -0.2) is 21.6 Å². The van der Waals surface area contributed by atoms with E-state index in [2.05, 4.69) is 0 Å². The number of benzene rings is 4. The largest absolute Gasteiger partial charge is 0.497 e. The Bertz CT molecular complexity index is 1520. The van der Waals surface area contributed by atoms with Crippen LogP contribution in [0, 0.1) is 23.3 Å². The maximum absolute atomic E-state index is 15.3. The minimum absolute atomic E-state index is 0.323. The Balaban J connectivity index is 1.81. The lowest BCUT2D eigenvalue weighted by atomic mass is 10.2. The molecule has 0 saturated carbocycles. The zero-order valence-corrected chi connectivity index (χ0v) is 22.4. The number of hydrogen-bond acceptors (Lipinski definition) is 5. The number of rotatable bonds is 11. The highest BCUT2D eigenvalue weighted by Gasteiger charge is 2.38. The van der Waals surface area contributed by atoms with Gasteiger partial charge in [0, 0.05) is 13.1 Å². The van der Waals surface area contributed by atoms with Crippen LogP contribution in [-0.4, -0.2) is 26.9 Å². The van der Waals surface area contributed by atoms with Crippen LogP contribution in [0.2, 0.25) is 0 Å². The smallest absolute Gasteiger partial charge is 0.250 e. The lowest BCUT2D eigenvalue weighted by molar-refractivity contribution is 0.261. The van der Waals surface area contributed by atoms with Crippen molar-refractivity contribution in [3.05, 3.63) is 119 Å². The number of sulfonamides is 1. The number of ether oxygens (including phenoxy) is 3. The molecule has 0 aromatic heterocycles. The van der Waals surface area contributed by atoms with Gasteiger partial charge in [0.1, 0.15) is 18.1 Å². The highest BCUT2D eigenvalue weighted by Crippen LogP contribution is 2.37. The second kappa shape index (κ2) is 12.4. The van der Waals surface area contributed by atoms with Crippen molar-refractivity contribution in [2.45, 2.75) is 24.6 Å². The fraction of sp³-hybridized carbons (Fsp3) is 0.172. The first-order valence-corrected chi connectivity index (χ1v) is 13.4. The van der Waals surface area contributed by atoms with Gasteiger partial charge in [0.2, 0.25) is 11.6 Å². The van der Waals surface area contributed by atoms with E-state index in [1.807, 2.05) is 0 Å². The number of nitrogens with zero attached hydrogens (tertiary/aromatic N) is 1. The number of methoxy groups -OCH3 is 2. The van der Waals surface area contributed by atoms with E-state index in [0.717, 1.165) is 4.31 Å². The minimum Gasteiger partial charge on any atom is -0.497 e. The van der Waals surface area contributed by atoms with E-state index < -0.39 is 50.5 Å². The second-order valence-electron chi connectivity index (χ2n) is 8.66. The summed E-state index contributed by atoms with van der Waals surface area (Å²) in [6, 6.07) is 20.9. The molecule has 0 aliphatic carbocycles. The van der Waals surface area contributed by atoms with Crippen molar-refractivity contribution in [1.82, 2.24) is 4.31 Å². The van der Waals surface area contributed by atoms with Crippen molar-refractivity contribution >= 4 is 10.0 Å². The Hall–Kier alpha value is -4.09. The molecule has 0 unspecified atom stereocenters. The minimum atomic E-state index is -5.03. The van der Waals surface area contributed by atoms with E-state index in [4.69, 9.17) is 14.2 Å². The average Bonchev–Trinajstić information content (AvgIpc) is 2.98. The van der Waals surface area contributed by atoms with Gasteiger partial charge in [0.15, 0.2) is 22.3 Å². The molecule has 4 aromatic carbocycles. The average molecular weight is 576 g/mol. The third kappa shape index (κ3) is 6.21. The molecule has 210 valence electrons. The van der Waals surface area contributed by atoms with Crippen LogP contribution < -0.4 is 14.2 Å². The van der Waals surface area contributed by atoms with E-state index >= 15 is 8.78 Å². The summed E-state index contributed by atoms with van der Waals surface area (Å²) in [5.41, 5.74) is 1.39. The van der Waals surface area contributed by atoms with E-state index in [-0.39, 0.29) is 13.1 Å². The Kier molecular flexibility index (Phi) is 8.96. The molecule has 0 spiro atoms. The number of hydrogen-bond donors (Lipinski definition) is 0. The van der Waals surface area contributed by atoms with Crippen LogP contribution in [-0.2, 0) is 29.7 Å². The summed E-state index contributed by atoms with van der Waals surface area (Å²) in [5.74, 6) is -8.72. The molecule has 0 fully saturated rings. The van der Waals surface area contributed by atoms with Gasteiger partial charge in [-0.05, 0) is 41.0 Å². The molecule has 0 saturated heterocycles. The maximum Gasteiger partial charge on any atom is 0.250 e. The fourth-order valence-electron chi connectivity index (χ4n) is 3.90. The summed E-state index contributed by atoms with van der Waals surface area (Å²) in [6.07, 6.45) is 0. The Labute approximate surface area is 229 Å². The van der Waals surface area contributed by atoms with Crippen LogP contribution in [0.25, 0.3) is 0 Å². The zero-order valence-electron chi connectivity index (χ0n) is 21.5.